The largest absolute Gasteiger partial charge is 0.461 e. The Hall–Kier alpha value is -1.22. The number of para-hydroxylation sites is 1. The minimum atomic E-state index is -1.34. The van der Waals surface area contributed by atoms with Gasteiger partial charge in [-0.2, -0.15) is 0 Å². The first-order valence-corrected chi connectivity index (χ1v) is 6.33. The molecule has 0 radical (unpaired) electrons. The van der Waals surface area contributed by atoms with Gasteiger partial charge in [0.1, 0.15) is 24.1 Å². The molecule has 3 rings (SSSR count). The average Bonchev–Trinajstić information content (AvgIpc) is 2.60. The van der Waals surface area contributed by atoms with Gasteiger partial charge >= 0.3 is 0 Å². The van der Waals surface area contributed by atoms with Gasteiger partial charge in [0.25, 0.3) is 0 Å². The van der Waals surface area contributed by atoms with Gasteiger partial charge in [0, 0.05) is 5.56 Å². The van der Waals surface area contributed by atoms with Gasteiger partial charge in [-0.1, -0.05) is 18.2 Å². The van der Waals surface area contributed by atoms with E-state index in [-0.39, 0.29) is 0 Å². The van der Waals surface area contributed by atoms with Crippen molar-refractivity contribution in [1.29, 1.82) is 0 Å². The van der Waals surface area contributed by atoms with E-state index in [1.807, 2.05) is 0 Å². The Morgan fingerprint density at radius 2 is 1.75 bits per heavy atom. The van der Waals surface area contributed by atoms with Gasteiger partial charge in [-0.05, 0) is 6.07 Å². The molecule has 0 saturated carbocycles. The van der Waals surface area contributed by atoms with Crippen molar-refractivity contribution in [1.82, 2.24) is 0 Å². The van der Waals surface area contributed by atoms with Crippen LogP contribution >= 0.6 is 0 Å². The van der Waals surface area contributed by atoms with E-state index in [0.29, 0.717) is 11.3 Å². The van der Waals surface area contributed by atoms with Crippen LogP contribution in [0.3, 0.4) is 0 Å². The minimum absolute atomic E-state index is 0.368. The summed E-state index contributed by atoms with van der Waals surface area (Å²) in [5.74, 6) is 0.368. The molecule has 7 nitrogen and oxygen atoms in total. The lowest BCUT2D eigenvalue weighted by molar-refractivity contribution is -0.306. The molecule has 1 saturated heterocycles. The highest BCUT2D eigenvalue weighted by Gasteiger charge is 2.48. The fourth-order valence-electron chi connectivity index (χ4n) is 2.44. The first kappa shape index (κ1) is 13.7. The second-order valence-corrected chi connectivity index (χ2v) is 4.82. The molecule has 2 aliphatic heterocycles. The Labute approximate surface area is 114 Å². The molecule has 4 N–H and O–H groups in total. The molecular formula is C13H16O7. The third-order valence-corrected chi connectivity index (χ3v) is 3.54. The van der Waals surface area contributed by atoms with Crippen molar-refractivity contribution in [2.75, 3.05) is 6.61 Å². The van der Waals surface area contributed by atoms with E-state index in [2.05, 4.69) is 0 Å². The average molecular weight is 284 g/mol. The third kappa shape index (κ3) is 2.18. The van der Waals surface area contributed by atoms with Crippen LogP contribution in [0.2, 0.25) is 0 Å². The number of benzene rings is 1. The summed E-state index contributed by atoms with van der Waals surface area (Å²) in [6.45, 7) is -0.463. The fourth-order valence-corrected chi connectivity index (χ4v) is 2.44. The van der Waals surface area contributed by atoms with E-state index >= 15 is 0 Å². The predicted molar refractivity (Wildman–Crippen MR) is 64.7 cm³/mol. The summed E-state index contributed by atoms with van der Waals surface area (Å²) in [4.78, 5) is 0. The van der Waals surface area contributed by atoms with E-state index < -0.39 is 43.6 Å². The van der Waals surface area contributed by atoms with Crippen LogP contribution in [0.5, 0.6) is 5.75 Å². The van der Waals surface area contributed by atoms with Crippen LogP contribution in [-0.4, -0.2) is 57.7 Å². The lowest BCUT2D eigenvalue weighted by atomic mass is 9.99. The smallest absolute Gasteiger partial charge is 0.229 e. The molecule has 0 amide bonds. The Kier molecular flexibility index (Phi) is 3.63. The Balaban J connectivity index is 1.92. The highest BCUT2D eigenvalue weighted by Crippen LogP contribution is 2.36. The standard InChI is InChI=1S/C13H16O7/c14-5-8-9(15)10(16)11-13(19-8)18-7-4-2-1-3-6(7)12(17)20-11/h1-4,8-17H,5H2. The van der Waals surface area contributed by atoms with Crippen LogP contribution in [0.15, 0.2) is 24.3 Å². The number of aliphatic hydroxyl groups is 4. The fraction of sp³-hybridized carbons (Fsp3) is 0.538. The van der Waals surface area contributed by atoms with Crippen LogP contribution in [0, 0.1) is 0 Å². The van der Waals surface area contributed by atoms with Gasteiger partial charge in [0.2, 0.25) is 6.29 Å². The van der Waals surface area contributed by atoms with Crippen molar-refractivity contribution in [2.24, 2.45) is 0 Å². The number of hydrogen-bond donors (Lipinski definition) is 4. The quantitative estimate of drug-likeness (QED) is 0.518. The van der Waals surface area contributed by atoms with Crippen molar-refractivity contribution in [3.05, 3.63) is 29.8 Å². The molecule has 6 unspecified atom stereocenters. The van der Waals surface area contributed by atoms with Crippen molar-refractivity contribution in [2.45, 2.75) is 37.0 Å². The maximum atomic E-state index is 10.0. The van der Waals surface area contributed by atoms with Gasteiger partial charge in [-0.3, -0.25) is 0 Å². The van der Waals surface area contributed by atoms with Gasteiger partial charge in [0.05, 0.1) is 6.61 Å². The Morgan fingerprint density at radius 1 is 1.00 bits per heavy atom. The van der Waals surface area contributed by atoms with E-state index in [0.717, 1.165) is 0 Å². The molecule has 0 bridgehead atoms. The highest BCUT2D eigenvalue weighted by atomic mass is 16.7. The van der Waals surface area contributed by atoms with Crippen LogP contribution in [0.1, 0.15) is 11.9 Å². The molecule has 0 aliphatic carbocycles. The monoisotopic (exact) mass is 284 g/mol. The predicted octanol–water partition coefficient (Wildman–Crippen LogP) is -1.11. The summed E-state index contributed by atoms with van der Waals surface area (Å²) in [7, 11) is 0. The normalized spacial score (nSPS) is 40.2. The maximum Gasteiger partial charge on any atom is 0.229 e. The number of aliphatic hydroxyl groups excluding tert-OH is 4. The van der Waals surface area contributed by atoms with Crippen molar-refractivity contribution in [3.63, 3.8) is 0 Å². The zero-order chi connectivity index (χ0) is 14.3. The molecule has 110 valence electrons. The zero-order valence-electron chi connectivity index (χ0n) is 10.5. The molecular weight excluding hydrogens is 268 g/mol. The molecule has 6 atom stereocenters. The van der Waals surface area contributed by atoms with Crippen LogP contribution in [-0.2, 0) is 9.47 Å². The number of ether oxygens (including phenoxy) is 3. The van der Waals surface area contributed by atoms with Gasteiger partial charge in [-0.25, -0.2) is 0 Å². The molecule has 20 heavy (non-hydrogen) atoms. The minimum Gasteiger partial charge on any atom is -0.461 e. The molecule has 1 aromatic carbocycles. The summed E-state index contributed by atoms with van der Waals surface area (Å²) >= 11 is 0. The van der Waals surface area contributed by atoms with E-state index in [4.69, 9.17) is 19.3 Å². The molecule has 2 aliphatic rings. The van der Waals surface area contributed by atoms with E-state index in [1.165, 1.54) is 0 Å². The molecule has 0 aromatic heterocycles. The highest BCUT2D eigenvalue weighted by molar-refractivity contribution is 5.35. The maximum absolute atomic E-state index is 10.0. The summed E-state index contributed by atoms with van der Waals surface area (Å²) in [5, 5.41) is 39.0. The third-order valence-electron chi connectivity index (χ3n) is 3.54. The second kappa shape index (κ2) is 5.28. The lowest BCUT2D eigenvalue weighted by Crippen LogP contribution is -2.60. The first-order chi connectivity index (χ1) is 9.61. The summed E-state index contributed by atoms with van der Waals surface area (Å²) in [6, 6.07) is 6.71. The molecule has 2 heterocycles. The summed E-state index contributed by atoms with van der Waals surface area (Å²) in [6.07, 6.45) is -7.01. The Bertz CT molecular complexity index is 480. The summed E-state index contributed by atoms with van der Waals surface area (Å²) in [5.41, 5.74) is 0.410. The van der Waals surface area contributed by atoms with Gasteiger partial charge < -0.3 is 34.6 Å². The van der Waals surface area contributed by atoms with E-state index in [9.17, 15) is 15.3 Å². The van der Waals surface area contributed by atoms with Crippen LogP contribution < -0.4 is 4.74 Å². The van der Waals surface area contributed by atoms with E-state index in [1.54, 1.807) is 24.3 Å². The molecule has 1 fully saturated rings. The lowest BCUT2D eigenvalue weighted by Gasteiger charge is -2.40. The van der Waals surface area contributed by atoms with Crippen molar-refractivity contribution < 1.29 is 34.6 Å². The first-order valence-electron chi connectivity index (χ1n) is 6.33. The van der Waals surface area contributed by atoms with Crippen LogP contribution in [0.25, 0.3) is 0 Å². The number of fused-ring (bicyclic) bond motifs is 2. The zero-order valence-corrected chi connectivity index (χ0v) is 10.5. The van der Waals surface area contributed by atoms with Crippen LogP contribution in [0.4, 0.5) is 0 Å². The molecule has 7 heteroatoms. The molecule has 1 aromatic rings. The van der Waals surface area contributed by atoms with Crippen molar-refractivity contribution >= 4 is 0 Å². The SMILES string of the molecule is OCC1OC2Oc3ccccc3C(O)OC2C(O)C1O. The van der Waals surface area contributed by atoms with Crippen molar-refractivity contribution in [3.8, 4) is 5.75 Å². The van der Waals surface area contributed by atoms with Gasteiger partial charge in [0.15, 0.2) is 12.4 Å². The number of rotatable bonds is 1. The topological polar surface area (TPSA) is 109 Å². The summed E-state index contributed by atoms with van der Waals surface area (Å²) < 4.78 is 16.3. The number of hydrogen-bond acceptors (Lipinski definition) is 7. The second-order valence-electron chi connectivity index (χ2n) is 4.82. The van der Waals surface area contributed by atoms with Gasteiger partial charge in [-0.15, -0.1) is 0 Å². The Morgan fingerprint density at radius 3 is 2.50 bits per heavy atom. The molecule has 0 spiro atoms.